The summed E-state index contributed by atoms with van der Waals surface area (Å²) >= 11 is 12.9. The lowest BCUT2D eigenvalue weighted by atomic mass is 10.2. The molecule has 0 bridgehead atoms. The fraction of sp³-hybridized carbons (Fsp3) is 0.308. The summed E-state index contributed by atoms with van der Waals surface area (Å²) in [6, 6.07) is 2.66. The highest BCUT2D eigenvalue weighted by Crippen LogP contribution is 2.32. The van der Waals surface area contributed by atoms with Crippen LogP contribution >= 0.6 is 43.5 Å². The Balaban J connectivity index is 2.24. The van der Waals surface area contributed by atoms with Crippen molar-refractivity contribution in [1.82, 2.24) is 9.78 Å². The molecule has 1 N–H and O–H groups in total. The topological polar surface area (TPSA) is 29.9 Å². The first-order valence-electron chi connectivity index (χ1n) is 6.02. The maximum atomic E-state index is 13.2. The highest BCUT2D eigenvalue weighted by Gasteiger charge is 2.14. The van der Waals surface area contributed by atoms with E-state index in [1.54, 1.807) is 0 Å². The minimum absolute atomic E-state index is 0.339. The second-order valence-electron chi connectivity index (χ2n) is 4.28. The highest BCUT2D eigenvalue weighted by atomic mass is 79.9. The van der Waals surface area contributed by atoms with E-state index in [1.165, 1.54) is 12.1 Å². The largest absolute Gasteiger partial charge is 0.377 e. The van der Waals surface area contributed by atoms with Crippen molar-refractivity contribution in [2.45, 2.75) is 19.9 Å². The van der Waals surface area contributed by atoms with Gasteiger partial charge in [0.15, 0.2) is 0 Å². The van der Waals surface area contributed by atoms with Crippen molar-refractivity contribution < 1.29 is 4.39 Å². The standard InChI is InChI=1S/C13H13Br2ClFN3/c1-3-10-12(15)11(20(2)19-10)6-18-13-8(14)4-7(17)5-9(13)16/h4-5,18H,3,6H2,1-2H3. The van der Waals surface area contributed by atoms with Gasteiger partial charge in [0.1, 0.15) is 5.82 Å². The quantitative estimate of drug-likeness (QED) is 0.754. The Labute approximate surface area is 138 Å². The third-order valence-corrected chi connectivity index (χ3v) is 4.78. The molecular formula is C13H13Br2ClFN3. The maximum absolute atomic E-state index is 13.2. The van der Waals surface area contributed by atoms with Gasteiger partial charge in [0.25, 0.3) is 0 Å². The molecule has 0 fully saturated rings. The molecule has 20 heavy (non-hydrogen) atoms. The number of hydrogen-bond donors (Lipinski definition) is 1. The predicted octanol–water partition coefficient (Wildman–Crippen LogP) is 4.91. The smallest absolute Gasteiger partial charge is 0.125 e. The van der Waals surface area contributed by atoms with Gasteiger partial charge >= 0.3 is 0 Å². The van der Waals surface area contributed by atoms with Gasteiger partial charge in [0.2, 0.25) is 0 Å². The van der Waals surface area contributed by atoms with E-state index in [-0.39, 0.29) is 5.82 Å². The van der Waals surface area contributed by atoms with E-state index < -0.39 is 0 Å². The molecule has 0 atom stereocenters. The van der Waals surface area contributed by atoms with Gasteiger partial charge in [-0.3, -0.25) is 4.68 Å². The van der Waals surface area contributed by atoms with Crippen molar-refractivity contribution in [3.05, 3.63) is 43.3 Å². The number of aromatic nitrogens is 2. The molecule has 0 radical (unpaired) electrons. The van der Waals surface area contributed by atoms with Crippen molar-refractivity contribution in [3.63, 3.8) is 0 Å². The summed E-state index contributed by atoms with van der Waals surface area (Å²) in [5.74, 6) is -0.373. The molecule has 108 valence electrons. The van der Waals surface area contributed by atoms with Gasteiger partial charge in [0, 0.05) is 11.5 Å². The van der Waals surface area contributed by atoms with E-state index in [2.05, 4.69) is 49.2 Å². The summed E-state index contributed by atoms with van der Waals surface area (Å²) in [7, 11) is 1.89. The number of nitrogens with zero attached hydrogens (tertiary/aromatic N) is 2. The summed E-state index contributed by atoms with van der Waals surface area (Å²) in [5, 5.41) is 7.97. The molecular weight excluding hydrogens is 412 g/mol. The lowest BCUT2D eigenvalue weighted by Crippen LogP contribution is -2.07. The van der Waals surface area contributed by atoms with Crippen molar-refractivity contribution >= 4 is 49.1 Å². The summed E-state index contributed by atoms with van der Waals surface area (Å²) in [6.45, 7) is 2.59. The SMILES string of the molecule is CCc1nn(C)c(CNc2c(Cl)cc(F)cc2Br)c1Br. The van der Waals surface area contributed by atoms with Crippen LogP contribution in [0.25, 0.3) is 0 Å². The van der Waals surface area contributed by atoms with Gasteiger partial charge in [-0.2, -0.15) is 5.10 Å². The maximum Gasteiger partial charge on any atom is 0.125 e. The normalized spacial score (nSPS) is 10.9. The van der Waals surface area contributed by atoms with E-state index in [1.807, 2.05) is 11.7 Å². The Kier molecular flexibility index (Phi) is 5.09. The van der Waals surface area contributed by atoms with Crippen LogP contribution in [0.2, 0.25) is 5.02 Å². The Morgan fingerprint density at radius 2 is 2.10 bits per heavy atom. The first-order valence-corrected chi connectivity index (χ1v) is 7.99. The van der Waals surface area contributed by atoms with E-state index in [0.717, 1.165) is 22.3 Å². The van der Waals surface area contributed by atoms with E-state index in [9.17, 15) is 4.39 Å². The molecule has 1 aromatic heterocycles. The molecule has 0 spiro atoms. The van der Waals surface area contributed by atoms with Crippen molar-refractivity contribution in [3.8, 4) is 0 Å². The summed E-state index contributed by atoms with van der Waals surface area (Å²) < 4.78 is 16.6. The zero-order valence-corrected chi connectivity index (χ0v) is 14.9. The van der Waals surface area contributed by atoms with Crippen LogP contribution in [0, 0.1) is 5.82 Å². The lowest BCUT2D eigenvalue weighted by Gasteiger charge is -2.11. The number of nitrogens with one attached hydrogen (secondary N) is 1. The number of halogens is 4. The van der Waals surface area contributed by atoms with Crippen molar-refractivity contribution in [2.75, 3.05) is 5.32 Å². The molecule has 1 aromatic carbocycles. The van der Waals surface area contributed by atoms with Gasteiger partial charge in [-0.15, -0.1) is 0 Å². The Morgan fingerprint density at radius 3 is 2.65 bits per heavy atom. The molecule has 0 aliphatic carbocycles. The van der Waals surface area contributed by atoms with Gasteiger partial charge in [-0.25, -0.2) is 4.39 Å². The zero-order valence-electron chi connectivity index (χ0n) is 11.0. The lowest BCUT2D eigenvalue weighted by molar-refractivity contribution is 0.627. The van der Waals surface area contributed by atoms with Crippen molar-refractivity contribution in [2.24, 2.45) is 7.05 Å². The van der Waals surface area contributed by atoms with Gasteiger partial charge < -0.3 is 5.32 Å². The number of anilines is 1. The summed E-state index contributed by atoms with van der Waals surface area (Å²) in [6.07, 6.45) is 0.857. The first kappa shape index (κ1) is 15.8. The molecule has 3 nitrogen and oxygen atoms in total. The minimum Gasteiger partial charge on any atom is -0.377 e. The third kappa shape index (κ3) is 3.18. The third-order valence-electron chi connectivity index (χ3n) is 2.94. The summed E-state index contributed by atoms with van der Waals surface area (Å²) in [5.41, 5.74) is 2.68. The molecule has 2 aromatic rings. The average Bonchev–Trinajstić information content (AvgIpc) is 2.64. The van der Waals surface area contributed by atoms with E-state index >= 15 is 0 Å². The fourth-order valence-corrected chi connectivity index (χ4v) is 3.61. The second-order valence-corrected chi connectivity index (χ2v) is 6.34. The van der Waals surface area contributed by atoms with Crippen LogP contribution in [0.1, 0.15) is 18.3 Å². The van der Waals surface area contributed by atoms with Crippen LogP contribution in [0.15, 0.2) is 21.1 Å². The van der Waals surface area contributed by atoms with Gasteiger partial charge in [-0.05, 0) is 50.4 Å². The minimum atomic E-state index is -0.373. The molecule has 0 unspecified atom stereocenters. The van der Waals surface area contributed by atoms with Gasteiger partial charge in [-0.1, -0.05) is 18.5 Å². The Hall–Kier alpha value is -0.590. The van der Waals surface area contributed by atoms with Crippen LogP contribution < -0.4 is 5.32 Å². The van der Waals surface area contributed by atoms with Crippen LogP contribution in [-0.2, 0) is 20.0 Å². The average molecular weight is 426 g/mol. The highest BCUT2D eigenvalue weighted by molar-refractivity contribution is 9.11. The molecule has 2 rings (SSSR count). The number of rotatable bonds is 4. The van der Waals surface area contributed by atoms with Crippen molar-refractivity contribution in [1.29, 1.82) is 0 Å². The monoisotopic (exact) mass is 423 g/mol. The van der Waals surface area contributed by atoms with Crippen LogP contribution in [0.4, 0.5) is 10.1 Å². The van der Waals surface area contributed by atoms with Crippen LogP contribution in [-0.4, -0.2) is 9.78 Å². The molecule has 7 heteroatoms. The Morgan fingerprint density at radius 1 is 1.40 bits per heavy atom. The first-order chi connectivity index (χ1) is 9.43. The second kappa shape index (κ2) is 6.45. The van der Waals surface area contributed by atoms with Gasteiger partial charge in [0.05, 0.1) is 33.1 Å². The molecule has 0 aliphatic heterocycles. The number of hydrogen-bond acceptors (Lipinski definition) is 2. The molecule has 0 saturated heterocycles. The number of aryl methyl sites for hydroxylation is 2. The molecule has 0 amide bonds. The Bertz CT molecular complexity index is 620. The molecule has 0 saturated carbocycles. The predicted molar refractivity (Wildman–Crippen MR) is 86.7 cm³/mol. The molecule has 1 heterocycles. The number of benzene rings is 1. The zero-order chi connectivity index (χ0) is 14.9. The fourth-order valence-electron chi connectivity index (χ4n) is 1.90. The van der Waals surface area contributed by atoms with E-state index in [4.69, 9.17) is 11.6 Å². The van der Waals surface area contributed by atoms with Crippen LogP contribution in [0.5, 0.6) is 0 Å². The van der Waals surface area contributed by atoms with E-state index in [0.29, 0.717) is 21.7 Å². The van der Waals surface area contributed by atoms with Crippen LogP contribution in [0.3, 0.4) is 0 Å². The summed E-state index contributed by atoms with van der Waals surface area (Å²) in [4.78, 5) is 0. The molecule has 0 aliphatic rings.